The molecular formula is C15H11IN2O3. The van der Waals surface area contributed by atoms with Crippen molar-refractivity contribution in [1.29, 1.82) is 0 Å². The van der Waals surface area contributed by atoms with Gasteiger partial charge in [-0.2, -0.15) is 0 Å². The molecule has 2 aromatic rings. The van der Waals surface area contributed by atoms with E-state index in [1.54, 1.807) is 24.3 Å². The number of amides is 1. The summed E-state index contributed by atoms with van der Waals surface area (Å²) >= 11 is 2.18. The molecule has 0 unspecified atom stereocenters. The van der Waals surface area contributed by atoms with E-state index < -0.39 is 4.92 Å². The van der Waals surface area contributed by atoms with Gasteiger partial charge in [-0.25, -0.2) is 0 Å². The first kappa shape index (κ1) is 15.2. The molecule has 2 aromatic carbocycles. The van der Waals surface area contributed by atoms with E-state index in [9.17, 15) is 14.9 Å². The van der Waals surface area contributed by atoms with Crippen LogP contribution in [0.25, 0.3) is 6.08 Å². The number of rotatable bonds is 4. The molecule has 0 saturated carbocycles. The van der Waals surface area contributed by atoms with Crippen molar-refractivity contribution in [2.24, 2.45) is 0 Å². The van der Waals surface area contributed by atoms with Gasteiger partial charge < -0.3 is 5.32 Å². The van der Waals surface area contributed by atoms with E-state index in [2.05, 4.69) is 27.9 Å². The van der Waals surface area contributed by atoms with Gasteiger partial charge in [0, 0.05) is 27.5 Å². The van der Waals surface area contributed by atoms with Gasteiger partial charge in [-0.05, 0) is 58.5 Å². The minimum absolute atomic E-state index is 0.00445. The summed E-state index contributed by atoms with van der Waals surface area (Å²) in [5.41, 5.74) is 1.29. The second-order valence-electron chi connectivity index (χ2n) is 4.18. The summed E-state index contributed by atoms with van der Waals surface area (Å²) in [4.78, 5) is 21.9. The Morgan fingerprint density at radius 3 is 2.57 bits per heavy atom. The fourth-order valence-electron chi connectivity index (χ4n) is 1.63. The van der Waals surface area contributed by atoms with Crippen molar-refractivity contribution in [2.45, 2.75) is 0 Å². The highest BCUT2D eigenvalue weighted by molar-refractivity contribution is 14.1. The van der Waals surface area contributed by atoms with E-state index in [1.807, 2.05) is 12.1 Å². The van der Waals surface area contributed by atoms with E-state index in [0.29, 0.717) is 11.3 Å². The number of carbonyl (C=O) groups excluding carboxylic acids is 1. The van der Waals surface area contributed by atoms with Crippen molar-refractivity contribution < 1.29 is 9.72 Å². The Morgan fingerprint density at radius 1 is 1.19 bits per heavy atom. The van der Waals surface area contributed by atoms with E-state index in [0.717, 1.165) is 3.57 Å². The van der Waals surface area contributed by atoms with Gasteiger partial charge >= 0.3 is 0 Å². The highest BCUT2D eigenvalue weighted by Gasteiger charge is 2.04. The van der Waals surface area contributed by atoms with Crippen molar-refractivity contribution in [2.75, 3.05) is 5.32 Å². The van der Waals surface area contributed by atoms with Crippen molar-refractivity contribution in [3.8, 4) is 0 Å². The zero-order valence-corrected chi connectivity index (χ0v) is 13.0. The molecule has 1 amide bonds. The van der Waals surface area contributed by atoms with Gasteiger partial charge in [0.25, 0.3) is 5.69 Å². The lowest BCUT2D eigenvalue weighted by Crippen LogP contribution is -2.07. The highest BCUT2D eigenvalue weighted by Crippen LogP contribution is 2.14. The summed E-state index contributed by atoms with van der Waals surface area (Å²) in [5, 5.41) is 13.4. The lowest BCUT2D eigenvalue weighted by atomic mass is 10.2. The summed E-state index contributed by atoms with van der Waals surface area (Å²) in [6.45, 7) is 0. The molecule has 0 saturated heterocycles. The Morgan fingerprint density at radius 2 is 1.90 bits per heavy atom. The summed E-state index contributed by atoms with van der Waals surface area (Å²) in [6, 6.07) is 13.5. The first-order valence-electron chi connectivity index (χ1n) is 6.04. The summed E-state index contributed by atoms with van der Waals surface area (Å²) in [5.74, 6) is -0.289. The molecule has 5 nitrogen and oxygen atoms in total. The molecular weight excluding hydrogens is 383 g/mol. The van der Waals surface area contributed by atoms with Crippen LogP contribution in [-0.4, -0.2) is 10.8 Å². The average Bonchev–Trinajstić information content (AvgIpc) is 2.48. The van der Waals surface area contributed by atoms with Gasteiger partial charge in [-0.1, -0.05) is 12.1 Å². The van der Waals surface area contributed by atoms with Gasteiger partial charge in [-0.15, -0.1) is 0 Å². The molecule has 106 valence electrons. The van der Waals surface area contributed by atoms with Crippen LogP contribution < -0.4 is 5.32 Å². The summed E-state index contributed by atoms with van der Waals surface area (Å²) in [6.07, 6.45) is 2.88. The van der Waals surface area contributed by atoms with Gasteiger partial charge in [0.1, 0.15) is 0 Å². The zero-order chi connectivity index (χ0) is 15.2. The molecule has 1 N–H and O–H groups in total. The Balaban J connectivity index is 2.03. The molecule has 0 radical (unpaired) electrons. The predicted octanol–water partition coefficient (Wildman–Crippen LogP) is 3.85. The van der Waals surface area contributed by atoms with Crippen LogP contribution in [0.5, 0.6) is 0 Å². The summed E-state index contributed by atoms with van der Waals surface area (Å²) < 4.78 is 1.08. The second kappa shape index (κ2) is 6.98. The molecule has 2 rings (SSSR count). The third kappa shape index (κ3) is 4.67. The zero-order valence-electron chi connectivity index (χ0n) is 10.8. The number of anilines is 1. The van der Waals surface area contributed by atoms with Crippen LogP contribution in [0.1, 0.15) is 5.56 Å². The number of hydrogen-bond acceptors (Lipinski definition) is 3. The average molecular weight is 394 g/mol. The van der Waals surface area contributed by atoms with E-state index in [1.165, 1.54) is 24.3 Å². The number of non-ortho nitro benzene ring substituents is 1. The van der Waals surface area contributed by atoms with Crippen molar-refractivity contribution in [3.05, 3.63) is 73.9 Å². The first-order chi connectivity index (χ1) is 10.0. The monoisotopic (exact) mass is 394 g/mol. The standard InChI is InChI=1S/C15H11IN2O3/c16-12-5-7-13(8-6-12)17-15(19)9-4-11-2-1-3-14(10-11)18(20)21/h1-10H,(H,17,19)/b9-4+. The largest absolute Gasteiger partial charge is 0.323 e. The predicted molar refractivity (Wildman–Crippen MR) is 89.9 cm³/mol. The molecule has 0 atom stereocenters. The SMILES string of the molecule is O=C(/C=C/c1cccc([N+](=O)[O-])c1)Nc1ccc(I)cc1. The van der Waals surface area contributed by atoms with Gasteiger partial charge in [0.15, 0.2) is 0 Å². The minimum Gasteiger partial charge on any atom is -0.323 e. The van der Waals surface area contributed by atoms with Crippen molar-refractivity contribution in [1.82, 2.24) is 0 Å². The second-order valence-corrected chi connectivity index (χ2v) is 5.43. The molecule has 0 aliphatic carbocycles. The van der Waals surface area contributed by atoms with Gasteiger partial charge in [-0.3, -0.25) is 14.9 Å². The first-order valence-corrected chi connectivity index (χ1v) is 7.11. The fraction of sp³-hybridized carbons (Fsp3) is 0. The number of benzene rings is 2. The minimum atomic E-state index is -0.469. The van der Waals surface area contributed by atoms with Crippen LogP contribution in [0, 0.1) is 13.7 Å². The topological polar surface area (TPSA) is 72.2 Å². The maximum absolute atomic E-state index is 11.8. The number of nitro groups is 1. The Labute approximate surface area is 135 Å². The Bertz CT molecular complexity index is 696. The number of nitrogens with one attached hydrogen (secondary N) is 1. The van der Waals surface area contributed by atoms with Crippen molar-refractivity contribution in [3.63, 3.8) is 0 Å². The lowest BCUT2D eigenvalue weighted by molar-refractivity contribution is -0.384. The van der Waals surface area contributed by atoms with Gasteiger partial charge in [0.05, 0.1) is 4.92 Å². The molecule has 0 heterocycles. The number of halogens is 1. The maximum Gasteiger partial charge on any atom is 0.270 e. The highest BCUT2D eigenvalue weighted by atomic mass is 127. The molecule has 0 fully saturated rings. The van der Waals surface area contributed by atoms with Crippen LogP contribution in [0.15, 0.2) is 54.6 Å². The molecule has 21 heavy (non-hydrogen) atoms. The molecule has 0 aromatic heterocycles. The number of hydrogen-bond donors (Lipinski definition) is 1. The van der Waals surface area contributed by atoms with Crippen LogP contribution in [0.2, 0.25) is 0 Å². The quantitative estimate of drug-likeness (QED) is 0.371. The molecule has 6 heteroatoms. The Hall–Kier alpha value is -2.22. The van der Waals surface area contributed by atoms with Crippen LogP contribution in [-0.2, 0) is 4.79 Å². The smallest absolute Gasteiger partial charge is 0.270 e. The van der Waals surface area contributed by atoms with Crippen LogP contribution in [0.4, 0.5) is 11.4 Å². The van der Waals surface area contributed by atoms with Crippen LogP contribution >= 0.6 is 22.6 Å². The molecule has 0 bridgehead atoms. The number of nitrogens with zero attached hydrogens (tertiary/aromatic N) is 1. The lowest BCUT2D eigenvalue weighted by Gasteiger charge is -2.01. The normalized spacial score (nSPS) is 10.5. The van der Waals surface area contributed by atoms with Crippen molar-refractivity contribution >= 4 is 45.9 Å². The molecule has 0 spiro atoms. The fourth-order valence-corrected chi connectivity index (χ4v) is 1.99. The number of nitro benzene ring substituents is 1. The third-order valence-corrected chi connectivity index (χ3v) is 3.34. The van der Waals surface area contributed by atoms with E-state index in [4.69, 9.17) is 0 Å². The van der Waals surface area contributed by atoms with Crippen LogP contribution in [0.3, 0.4) is 0 Å². The summed E-state index contributed by atoms with van der Waals surface area (Å²) in [7, 11) is 0. The van der Waals surface area contributed by atoms with Gasteiger partial charge in [0.2, 0.25) is 5.91 Å². The maximum atomic E-state index is 11.8. The number of carbonyl (C=O) groups is 1. The molecule has 0 aliphatic heterocycles. The van der Waals surface area contributed by atoms with E-state index in [-0.39, 0.29) is 11.6 Å². The Kier molecular flexibility index (Phi) is 5.04. The third-order valence-electron chi connectivity index (χ3n) is 2.62. The van der Waals surface area contributed by atoms with E-state index >= 15 is 0 Å². The molecule has 0 aliphatic rings.